The number of hydrogen-bond acceptors (Lipinski definition) is 8. The van der Waals surface area contributed by atoms with Crippen LogP contribution in [0.15, 0.2) is 48.7 Å². The molecule has 0 saturated heterocycles. The summed E-state index contributed by atoms with van der Waals surface area (Å²) < 4.78 is 26.0. The molecule has 29 heavy (non-hydrogen) atoms. The molecule has 3 rings (SSSR count). The summed E-state index contributed by atoms with van der Waals surface area (Å²) in [4.78, 5) is 20.5. The van der Waals surface area contributed by atoms with Crippen LogP contribution in [0.2, 0.25) is 0 Å². The van der Waals surface area contributed by atoms with E-state index in [4.69, 9.17) is 23.7 Å². The number of carbonyl (C=O) groups excluding carboxylic acids is 1. The third kappa shape index (κ3) is 4.37. The van der Waals surface area contributed by atoms with Crippen LogP contribution < -0.4 is 14.2 Å². The zero-order chi connectivity index (χ0) is 20.8. The number of carbonyl (C=O) groups is 1. The van der Waals surface area contributed by atoms with E-state index in [2.05, 4.69) is 9.97 Å². The molecule has 0 unspecified atom stereocenters. The monoisotopic (exact) mass is 396 g/mol. The molecule has 2 aromatic carbocycles. The Morgan fingerprint density at radius 2 is 1.66 bits per heavy atom. The first-order valence-corrected chi connectivity index (χ1v) is 8.59. The zero-order valence-electron chi connectivity index (χ0n) is 16.5. The van der Waals surface area contributed by atoms with Crippen molar-refractivity contribution in [3.05, 3.63) is 54.3 Å². The molecule has 0 N–H and O–H groups in total. The van der Waals surface area contributed by atoms with Crippen LogP contribution >= 0.6 is 0 Å². The molecule has 1 aromatic heterocycles. The Kier molecular flexibility index (Phi) is 6.13. The lowest BCUT2D eigenvalue weighted by atomic mass is 9.98. The molecule has 8 nitrogen and oxygen atoms in total. The molecule has 0 fully saturated rings. The van der Waals surface area contributed by atoms with Crippen molar-refractivity contribution in [1.29, 1.82) is 0 Å². The lowest BCUT2D eigenvalue weighted by Gasteiger charge is -2.11. The summed E-state index contributed by atoms with van der Waals surface area (Å²) in [5.41, 5.74) is 0.933. The van der Waals surface area contributed by atoms with E-state index in [-0.39, 0.29) is 11.6 Å². The second-order valence-electron chi connectivity index (χ2n) is 5.78. The Morgan fingerprint density at radius 1 is 0.931 bits per heavy atom. The number of benzene rings is 2. The van der Waals surface area contributed by atoms with Crippen molar-refractivity contribution in [2.75, 3.05) is 28.4 Å². The second-order valence-corrected chi connectivity index (χ2v) is 5.78. The minimum absolute atomic E-state index is 0.0682. The molecule has 8 heteroatoms. The van der Waals surface area contributed by atoms with Crippen LogP contribution in [0.25, 0.3) is 16.3 Å². The van der Waals surface area contributed by atoms with Crippen molar-refractivity contribution in [1.82, 2.24) is 9.97 Å². The smallest absolute Gasteiger partial charge is 0.341 e. The predicted molar refractivity (Wildman–Crippen MR) is 106 cm³/mol. The van der Waals surface area contributed by atoms with Gasteiger partial charge in [0, 0.05) is 5.56 Å². The molecule has 1 heterocycles. The minimum atomic E-state index is -0.508. The molecule has 0 spiro atoms. The molecule has 0 aliphatic heterocycles. The fourth-order valence-corrected chi connectivity index (χ4v) is 2.74. The van der Waals surface area contributed by atoms with E-state index in [0.29, 0.717) is 23.1 Å². The number of rotatable bonds is 7. The van der Waals surface area contributed by atoms with Crippen LogP contribution in [0.4, 0.5) is 0 Å². The number of fused-ring (bicyclic) bond motifs is 1. The number of esters is 1. The number of nitrogens with zero attached hydrogens (tertiary/aromatic N) is 2. The molecule has 0 atom stereocenters. The third-order valence-corrected chi connectivity index (χ3v) is 4.07. The summed E-state index contributed by atoms with van der Waals surface area (Å²) >= 11 is 0. The van der Waals surface area contributed by atoms with Crippen LogP contribution in [-0.2, 0) is 14.3 Å². The summed E-state index contributed by atoms with van der Waals surface area (Å²) in [5.74, 6) is 0.585. The first-order valence-electron chi connectivity index (χ1n) is 8.59. The highest BCUT2D eigenvalue weighted by Crippen LogP contribution is 2.31. The van der Waals surface area contributed by atoms with Crippen molar-refractivity contribution in [3.8, 4) is 23.5 Å². The predicted octanol–water partition coefficient (Wildman–Crippen LogP) is 3.60. The van der Waals surface area contributed by atoms with E-state index in [0.717, 1.165) is 10.8 Å². The summed E-state index contributed by atoms with van der Waals surface area (Å²) in [7, 11) is 5.77. The van der Waals surface area contributed by atoms with Gasteiger partial charge in [-0.2, -0.15) is 9.97 Å². The second kappa shape index (κ2) is 8.92. The van der Waals surface area contributed by atoms with E-state index in [9.17, 15) is 4.79 Å². The van der Waals surface area contributed by atoms with Gasteiger partial charge in [0.2, 0.25) is 11.8 Å². The van der Waals surface area contributed by atoms with E-state index < -0.39 is 5.97 Å². The topological polar surface area (TPSA) is 89.0 Å². The van der Waals surface area contributed by atoms with Gasteiger partial charge in [0.25, 0.3) is 0 Å². The fraction of sp³-hybridized carbons (Fsp3) is 0.190. The molecular formula is C21H20N2O6. The normalized spacial score (nSPS) is 11.1. The van der Waals surface area contributed by atoms with Gasteiger partial charge in [0.05, 0.1) is 40.8 Å². The average Bonchev–Trinajstić information content (AvgIpc) is 2.76. The SMILES string of the molecule is COC=C(C(=O)OC)c1cccc2ccc(Oc3nc(OC)cc(OC)n3)cc12. The first-order chi connectivity index (χ1) is 14.1. The molecular weight excluding hydrogens is 376 g/mol. The summed E-state index contributed by atoms with van der Waals surface area (Å²) in [5, 5.41) is 1.68. The van der Waals surface area contributed by atoms with Gasteiger partial charge in [0.15, 0.2) is 0 Å². The average molecular weight is 396 g/mol. The first kappa shape index (κ1) is 19.9. The van der Waals surface area contributed by atoms with Crippen molar-refractivity contribution >= 4 is 22.3 Å². The molecule has 0 radical (unpaired) electrons. The fourth-order valence-electron chi connectivity index (χ4n) is 2.74. The van der Waals surface area contributed by atoms with Crippen molar-refractivity contribution < 1.29 is 28.5 Å². The highest BCUT2D eigenvalue weighted by atomic mass is 16.5. The molecule has 150 valence electrons. The Balaban J connectivity index is 2.06. The Bertz CT molecular complexity index is 1040. The van der Waals surface area contributed by atoms with Gasteiger partial charge in [-0.25, -0.2) is 4.79 Å². The van der Waals surface area contributed by atoms with Gasteiger partial charge in [-0.15, -0.1) is 0 Å². The number of aromatic nitrogens is 2. The number of hydrogen-bond donors (Lipinski definition) is 0. The van der Waals surface area contributed by atoms with E-state index in [1.165, 1.54) is 34.7 Å². The van der Waals surface area contributed by atoms with E-state index >= 15 is 0 Å². The van der Waals surface area contributed by atoms with Crippen LogP contribution in [0.3, 0.4) is 0 Å². The van der Waals surface area contributed by atoms with Crippen molar-refractivity contribution in [2.24, 2.45) is 0 Å². The lowest BCUT2D eigenvalue weighted by Crippen LogP contribution is -2.05. The van der Waals surface area contributed by atoms with E-state index in [1.807, 2.05) is 18.2 Å². The molecule has 0 amide bonds. The van der Waals surface area contributed by atoms with Gasteiger partial charge in [-0.1, -0.05) is 24.3 Å². The van der Waals surface area contributed by atoms with Gasteiger partial charge in [0.1, 0.15) is 11.3 Å². The van der Waals surface area contributed by atoms with Crippen molar-refractivity contribution in [2.45, 2.75) is 0 Å². The van der Waals surface area contributed by atoms with Gasteiger partial charge in [-0.05, 0) is 22.9 Å². The Hall–Kier alpha value is -3.81. The third-order valence-electron chi connectivity index (χ3n) is 4.07. The van der Waals surface area contributed by atoms with Crippen LogP contribution in [0.5, 0.6) is 23.5 Å². The largest absolute Gasteiger partial charge is 0.503 e. The summed E-state index contributed by atoms with van der Waals surface area (Å²) in [6.45, 7) is 0. The molecule has 0 aliphatic carbocycles. The van der Waals surface area contributed by atoms with Gasteiger partial charge < -0.3 is 23.7 Å². The molecule has 0 saturated carbocycles. The van der Waals surface area contributed by atoms with Crippen LogP contribution in [0, 0.1) is 0 Å². The number of methoxy groups -OCH3 is 4. The number of ether oxygens (including phenoxy) is 5. The van der Waals surface area contributed by atoms with Crippen LogP contribution in [0.1, 0.15) is 5.56 Å². The Labute approximate surface area is 167 Å². The Morgan fingerprint density at radius 3 is 2.28 bits per heavy atom. The molecule has 0 aliphatic rings. The van der Waals surface area contributed by atoms with Crippen LogP contribution in [-0.4, -0.2) is 44.4 Å². The minimum Gasteiger partial charge on any atom is -0.503 e. The quantitative estimate of drug-likeness (QED) is 0.340. The zero-order valence-corrected chi connectivity index (χ0v) is 16.5. The summed E-state index contributed by atoms with van der Waals surface area (Å²) in [6, 6.07) is 12.6. The maximum absolute atomic E-state index is 12.2. The standard InChI is InChI=1S/C21H20N2O6/c1-25-12-17(20(24)28-4)15-7-5-6-13-8-9-14(10-16(13)15)29-21-22-18(26-2)11-19(23-21)27-3/h5-12H,1-4H3. The maximum atomic E-state index is 12.2. The lowest BCUT2D eigenvalue weighted by molar-refractivity contribution is -0.133. The van der Waals surface area contributed by atoms with E-state index in [1.54, 1.807) is 24.3 Å². The van der Waals surface area contributed by atoms with Crippen molar-refractivity contribution in [3.63, 3.8) is 0 Å². The molecule has 0 bridgehead atoms. The summed E-state index contributed by atoms with van der Waals surface area (Å²) in [6.07, 6.45) is 1.35. The molecule has 3 aromatic rings. The highest BCUT2D eigenvalue weighted by molar-refractivity contribution is 6.20. The highest BCUT2D eigenvalue weighted by Gasteiger charge is 2.17. The maximum Gasteiger partial charge on any atom is 0.341 e. The van der Waals surface area contributed by atoms with Gasteiger partial charge >= 0.3 is 12.0 Å². The van der Waals surface area contributed by atoms with Gasteiger partial charge in [-0.3, -0.25) is 0 Å².